The van der Waals surface area contributed by atoms with Crippen LogP contribution in [0.1, 0.15) is 13.8 Å². The number of benzene rings is 3. The number of sulfonamides is 1. The van der Waals surface area contributed by atoms with Crippen LogP contribution in [0, 0.1) is 17.6 Å². The number of anilines is 2. The van der Waals surface area contributed by atoms with E-state index in [4.69, 9.17) is 4.42 Å². The van der Waals surface area contributed by atoms with Crippen LogP contribution in [0.15, 0.2) is 63.9 Å². The molecule has 4 N–H and O–H groups in total. The maximum atomic E-state index is 13.3. The largest absolute Gasteiger partial charge is 0.480 e. The molecule has 0 aliphatic rings. The van der Waals surface area contributed by atoms with E-state index in [2.05, 4.69) is 15.4 Å². The molecule has 0 aliphatic heterocycles. The number of carbonyl (C=O) groups is 2. The van der Waals surface area contributed by atoms with Crippen molar-refractivity contribution in [3.8, 4) is 0 Å². The monoisotopic (exact) mass is 517 g/mol. The molecule has 1 heterocycles. The second kappa shape index (κ2) is 9.55. The number of aliphatic carboxylic acids is 1. The lowest BCUT2D eigenvalue weighted by atomic mass is 10.1. The first-order chi connectivity index (χ1) is 16.9. The summed E-state index contributed by atoms with van der Waals surface area (Å²) in [6.07, 6.45) is 0. The van der Waals surface area contributed by atoms with Crippen LogP contribution in [-0.4, -0.2) is 31.6 Å². The number of carboxylic acids is 1. The van der Waals surface area contributed by atoms with E-state index in [0.717, 1.165) is 12.1 Å². The highest BCUT2D eigenvalue weighted by Crippen LogP contribution is 2.32. The molecule has 0 saturated heterocycles. The topological polar surface area (TPSA) is 138 Å². The molecule has 9 nitrogen and oxygen atoms in total. The second-order valence-corrected chi connectivity index (χ2v) is 10.1. The number of urea groups is 1. The number of amides is 2. The van der Waals surface area contributed by atoms with Gasteiger partial charge in [0.25, 0.3) is 0 Å². The zero-order valence-corrected chi connectivity index (χ0v) is 19.8. The first-order valence-electron chi connectivity index (χ1n) is 10.7. The number of fused-ring (bicyclic) bond motifs is 3. The van der Waals surface area contributed by atoms with E-state index in [-0.39, 0.29) is 16.2 Å². The van der Waals surface area contributed by atoms with E-state index >= 15 is 0 Å². The lowest BCUT2D eigenvalue weighted by Crippen LogP contribution is -2.44. The Balaban J connectivity index is 1.57. The van der Waals surface area contributed by atoms with Crippen LogP contribution in [-0.2, 0) is 14.8 Å². The van der Waals surface area contributed by atoms with Gasteiger partial charge in [-0.25, -0.2) is 22.0 Å². The molecule has 4 aromatic rings. The summed E-state index contributed by atoms with van der Waals surface area (Å²) < 4.78 is 59.9. The fourth-order valence-corrected chi connectivity index (χ4v) is 4.93. The minimum atomic E-state index is -4.14. The van der Waals surface area contributed by atoms with Gasteiger partial charge in [0.15, 0.2) is 11.6 Å². The summed E-state index contributed by atoms with van der Waals surface area (Å²) in [5.41, 5.74) is 0.981. The predicted molar refractivity (Wildman–Crippen MR) is 129 cm³/mol. The third-order valence-electron chi connectivity index (χ3n) is 5.41. The van der Waals surface area contributed by atoms with Crippen LogP contribution in [0.25, 0.3) is 21.9 Å². The molecule has 12 heteroatoms. The van der Waals surface area contributed by atoms with Gasteiger partial charge < -0.3 is 20.2 Å². The Morgan fingerprint density at radius 1 is 0.861 bits per heavy atom. The van der Waals surface area contributed by atoms with Crippen molar-refractivity contribution in [2.24, 2.45) is 5.92 Å². The summed E-state index contributed by atoms with van der Waals surface area (Å²) in [6.45, 7) is 3.18. The van der Waals surface area contributed by atoms with E-state index in [0.29, 0.717) is 22.0 Å². The van der Waals surface area contributed by atoms with Gasteiger partial charge in [0.1, 0.15) is 17.2 Å². The molecule has 0 fully saturated rings. The Kier molecular flexibility index (Phi) is 6.65. The van der Waals surface area contributed by atoms with Crippen LogP contribution in [0.3, 0.4) is 0 Å². The number of halogens is 2. The SMILES string of the molecule is CC(C)[C@@H](NS(=O)(=O)c1ccc2c(c1)oc1cc(NC(=O)Nc3ccc(F)c(F)c3)ccc12)C(=O)O. The molecule has 0 unspecified atom stereocenters. The lowest BCUT2D eigenvalue weighted by molar-refractivity contribution is -0.140. The van der Waals surface area contributed by atoms with Crippen molar-refractivity contribution in [3.63, 3.8) is 0 Å². The summed E-state index contributed by atoms with van der Waals surface area (Å²) >= 11 is 0. The van der Waals surface area contributed by atoms with E-state index < -0.39 is 45.6 Å². The van der Waals surface area contributed by atoms with E-state index in [1.165, 1.54) is 24.3 Å². The maximum Gasteiger partial charge on any atom is 0.323 e. The molecule has 0 bridgehead atoms. The molecule has 0 radical (unpaired) electrons. The Hall–Kier alpha value is -4.03. The van der Waals surface area contributed by atoms with Crippen molar-refractivity contribution >= 4 is 55.3 Å². The van der Waals surface area contributed by atoms with Crippen LogP contribution < -0.4 is 15.4 Å². The average Bonchev–Trinajstić information content (AvgIpc) is 3.16. The molecule has 3 aromatic carbocycles. The minimum absolute atomic E-state index is 0.0566. The number of rotatable bonds is 7. The van der Waals surface area contributed by atoms with E-state index in [9.17, 15) is 31.9 Å². The van der Waals surface area contributed by atoms with E-state index in [1.807, 2.05) is 0 Å². The predicted octanol–water partition coefficient (Wildman–Crippen LogP) is 4.90. The fraction of sp³-hybridized carbons (Fsp3) is 0.167. The normalized spacial score (nSPS) is 12.7. The Morgan fingerprint density at radius 2 is 1.44 bits per heavy atom. The molecule has 1 aromatic heterocycles. The third-order valence-corrected chi connectivity index (χ3v) is 6.84. The van der Waals surface area contributed by atoms with Crippen LogP contribution in [0.5, 0.6) is 0 Å². The van der Waals surface area contributed by atoms with Gasteiger partial charge in [-0.3, -0.25) is 4.79 Å². The van der Waals surface area contributed by atoms with Gasteiger partial charge in [0, 0.05) is 40.3 Å². The van der Waals surface area contributed by atoms with Crippen molar-refractivity contribution in [1.29, 1.82) is 0 Å². The fourth-order valence-electron chi connectivity index (χ4n) is 3.58. The molecule has 36 heavy (non-hydrogen) atoms. The van der Waals surface area contributed by atoms with Crippen molar-refractivity contribution < 1.29 is 36.3 Å². The summed E-state index contributed by atoms with van der Waals surface area (Å²) in [7, 11) is -4.14. The molecule has 1 atom stereocenters. The van der Waals surface area contributed by atoms with Crippen molar-refractivity contribution in [2.45, 2.75) is 24.8 Å². The summed E-state index contributed by atoms with van der Waals surface area (Å²) in [4.78, 5) is 23.5. The number of nitrogens with one attached hydrogen (secondary N) is 3. The molecule has 188 valence electrons. The zero-order chi connectivity index (χ0) is 26.2. The average molecular weight is 518 g/mol. The standard InChI is InChI=1S/C24H21F2N3O6S/c1-12(2)22(23(30)31)29-36(33,34)15-5-7-17-16-6-3-14(10-20(16)35-21(17)11-15)28-24(32)27-13-4-8-18(25)19(26)9-13/h3-12,22,29H,1-2H3,(H,30,31)(H2,27,28,32)/t22-/m1/s1. The van der Waals surface area contributed by atoms with Gasteiger partial charge in [-0.15, -0.1) is 0 Å². The molecular formula is C24H21F2N3O6S. The van der Waals surface area contributed by atoms with Crippen LogP contribution in [0.2, 0.25) is 0 Å². The Morgan fingerprint density at radius 3 is 2.06 bits per heavy atom. The smallest absolute Gasteiger partial charge is 0.323 e. The highest BCUT2D eigenvalue weighted by Gasteiger charge is 2.28. The zero-order valence-electron chi connectivity index (χ0n) is 19.0. The summed E-state index contributed by atoms with van der Waals surface area (Å²) in [5.74, 6) is -3.90. The van der Waals surface area contributed by atoms with Gasteiger partial charge in [0.05, 0.1) is 4.90 Å². The second-order valence-electron chi connectivity index (χ2n) is 8.36. The van der Waals surface area contributed by atoms with Gasteiger partial charge in [-0.2, -0.15) is 4.72 Å². The number of carbonyl (C=O) groups excluding carboxylic acids is 1. The Bertz CT molecular complexity index is 1600. The summed E-state index contributed by atoms with van der Waals surface area (Å²) in [6, 6.07) is 9.91. The van der Waals surface area contributed by atoms with Gasteiger partial charge in [0.2, 0.25) is 10.0 Å². The number of hydrogen-bond donors (Lipinski definition) is 4. The minimum Gasteiger partial charge on any atom is -0.480 e. The molecule has 2 amide bonds. The van der Waals surface area contributed by atoms with Crippen LogP contribution in [0.4, 0.5) is 25.0 Å². The van der Waals surface area contributed by atoms with Gasteiger partial charge in [-0.05, 0) is 42.3 Å². The number of carboxylic acid groups (broad SMARTS) is 1. The lowest BCUT2D eigenvalue weighted by Gasteiger charge is -2.17. The number of hydrogen-bond acceptors (Lipinski definition) is 5. The number of furan rings is 1. The van der Waals surface area contributed by atoms with E-state index in [1.54, 1.807) is 32.0 Å². The van der Waals surface area contributed by atoms with Gasteiger partial charge in [-0.1, -0.05) is 13.8 Å². The maximum absolute atomic E-state index is 13.3. The molecule has 0 spiro atoms. The first-order valence-corrected chi connectivity index (χ1v) is 12.2. The van der Waals surface area contributed by atoms with Gasteiger partial charge >= 0.3 is 12.0 Å². The third kappa shape index (κ3) is 5.14. The highest BCUT2D eigenvalue weighted by atomic mass is 32.2. The van der Waals surface area contributed by atoms with Crippen molar-refractivity contribution in [3.05, 3.63) is 66.2 Å². The molecule has 0 aliphatic carbocycles. The first kappa shape index (κ1) is 25.1. The van der Waals surface area contributed by atoms with Crippen LogP contribution >= 0.6 is 0 Å². The quantitative estimate of drug-likeness (QED) is 0.275. The molecule has 0 saturated carbocycles. The van der Waals surface area contributed by atoms with Crippen molar-refractivity contribution in [2.75, 3.05) is 10.6 Å². The summed E-state index contributed by atoms with van der Waals surface area (Å²) in [5, 5.41) is 15.5. The molecular weight excluding hydrogens is 496 g/mol. The Labute approximate surface area is 204 Å². The van der Waals surface area contributed by atoms with Crippen molar-refractivity contribution in [1.82, 2.24) is 4.72 Å². The molecule has 4 rings (SSSR count). The highest BCUT2D eigenvalue weighted by molar-refractivity contribution is 7.89.